The third-order valence-corrected chi connectivity index (χ3v) is 3.99. The van der Waals surface area contributed by atoms with Crippen molar-refractivity contribution in [3.05, 3.63) is 59.9 Å². The highest BCUT2D eigenvalue weighted by molar-refractivity contribution is 5.79. The van der Waals surface area contributed by atoms with Crippen molar-refractivity contribution in [3.63, 3.8) is 0 Å². The van der Waals surface area contributed by atoms with Gasteiger partial charge in [-0.3, -0.25) is 4.98 Å². The van der Waals surface area contributed by atoms with Crippen LogP contribution in [-0.4, -0.2) is 36.0 Å². The SMILES string of the molecule is CCCCN(C)C(=NCc1ccc(OCc2ccccn2)cc1)NCC. The highest BCUT2D eigenvalue weighted by atomic mass is 16.5. The van der Waals surface area contributed by atoms with Crippen molar-refractivity contribution in [1.29, 1.82) is 0 Å². The van der Waals surface area contributed by atoms with Gasteiger partial charge in [0.15, 0.2) is 5.96 Å². The van der Waals surface area contributed by atoms with E-state index in [9.17, 15) is 0 Å². The van der Waals surface area contributed by atoms with Crippen molar-refractivity contribution >= 4 is 5.96 Å². The summed E-state index contributed by atoms with van der Waals surface area (Å²) in [5.74, 6) is 1.80. The molecule has 1 aromatic carbocycles. The van der Waals surface area contributed by atoms with Crippen LogP contribution < -0.4 is 10.1 Å². The lowest BCUT2D eigenvalue weighted by molar-refractivity contribution is 0.301. The van der Waals surface area contributed by atoms with E-state index < -0.39 is 0 Å². The predicted molar refractivity (Wildman–Crippen MR) is 107 cm³/mol. The molecule has 0 saturated heterocycles. The quantitative estimate of drug-likeness (QED) is 0.549. The minimum atomic E-state index is 0.477. The molecule has 0 spiro atoms. The highest BCUT2D eigenvalue weighted by Gasteiger charge is 2.04. The van der Waals surface area contributed by atoms with Crippen molar-refractivity contribution < 1.29 is 4.74 Å². The third kappa shape index (κ3) is 6.75. The molecule has 1 heterocycles. The number of aromatic nitrogens is 1. The predicted octanol–water partition coefficient (Wildman–Crippen LogP) is 3.86. The number of ether oxygens (including phenoxy) is 1. The Labute approximate surface area is 157 Å². The number of hydrogen-bond acceptors (Lipinski definition) is 3. The number of guanidine groups is 1. The van der Waals surface area contributed by atoms with E-state index in [0.717, 1.165) is 36.1 Å². The summed E-state index contributed by atoms with van der Waals surface area (Å²) in [5, 5.41) is 3.36. The van der Waals surface area contributed by atoms with Crippen LogP contribution in [0.3, 0.4) is 0 Å². The Morgan fingerprint density at radius 3 is 2.62 bits per heavy atom. The van der Waals surface area contributed by atoms with Crippen LogP contribution in [0.1, 0.15) is 37.9 Å². The molecular weight excluding hydrogens is 324 g/mol. The van der Waals surface area contributed by atoms with Gasteiger partial charge in [-0.1, -0.05) is 31.5 Å². The van der Waals surface area contributed by atoms with Gasteiger partial charge in [0.05, 0.1) is 12.2 Å². The van der Waals surface area contributed by atoms with Crippen molar-refractivity contribution in [2.45, 2.75) is 39.8 Å². The highest BCUT2D eigenvalue weighted by Crippen LogP contribution is 2.14. The molecule has 140 valence electrons. The number of rotatable bonds is 9. The van der Waals surface area contributed by atoms with Crippen LogP contribution in [0.15, 0.2) is 53.7 Å². The molecule has 26 heavy (non-hydrogen) atoms. The van der Waals surface area contributed by atoms with Gasteiger partial charge in [0, 0.05) is 26.3 Å². The van der Waals surface area contributed by atoms with Crippen LogP contribution in [0.25, 0.3) is 0 Å². The van der Waals surface area contributed by atoms with Gasteiger partial charge in [-0.15, -0.1) is 0 Å². The Morgan fingerprint density at radius 1 is 1.15 bits per heavy atom. The monoisotopic (exact) mass is 354 g/mol. The van der Waals surface area contributed by atoms with Gasteiger partial charge in [-0.25, -0.2) is 4.99 Å². The Bertz CT molecular complexity index is 655. The molecule has 0 amide bonds. The number of nitrogens with zero attached hydrogens (tertiary/aromatic N) is 3. The summed E-state index contributed by atoms with van der Waals surface area (Å²) in [6, 6.07) is 13.9. The van der Waals surface area contributed by atoms with E-state index in [4.69, 9.17) is 9.73 Å². The maximum atomic E-state index is 5.77. The molecule has 1 aromatic heterocycles. The molecule has 5 heteroatoms. The van der Waals surface area contributed by atoms with Crippen molar-refractivity contribution in [3.8, 4) is 5.75 Å². The zero-order chi connectivity index (χ0) is 18.6. The fourth-order valence-corrected chi connectivity index (χ4v) is 2.47. The van der Waals surface area contributed by atoms with Crippen molar-refractivity contribution in [2.24, 2.45) is 4.99 Å². The number of pyridine rings is 1. The molecule has 0 aliphatic rings. The molecule has 0 saturated carbocycles. The first-order chi connectivity index (χ1) is 12.7. The van der Waals surface area contributed by atoms with Gasteiger partial charge in [0.2, 0.25) is 0 Å². The summed E-state index contributed by atoms with van der Waals surface area (Å²) in [7, 11) is 2.09. The number of benzene rings is 1. The van der Waals surface area contributed by atoms with Crippen LogP contribution in [0, 0.1) is 0 Å². The zero-order valence-electron chi connectivity index (χ0n) is 16.1. The standard InChI is InChI=1S/C21H30N4O/c1-4-6-15-25(3)21(22-5-2)24-16-18-10-12-20(13-11-18)26-17-19-9-7-8-14-23-19/h7-14H,4-6,15-17H2,1-3H3,(H,22,24). The first-order valence-electron chi connectivity index (χ1n) is 9.34. The Kier molecular flexibility index (Phi) is 8.46. The molecule has 2 aromatic rings. The molecule has 0 aliphatic carbocycles. The van der Waals surface area contributed by atoms with Gasteiger partial charge < -0.3 is 15.0 Å². The topological polar surface area (TPSA) is 49.8 Å². The lowest BCUT2D eigenvalue weighted by Crippen LogP contribution is -2.39. The summed E-state index contributed by atoms with van der Waals surface area (Å²) in [5.41, 5.74) is 2.08. The second kappa shape index (κ2) is 11.1. The average molecular weight is 354 g/mol. The Hall–Kier alpha value is -2.56. The molecule has 5 nitrogen and oxygen atoms in total. The van der Waals surface area contributed by atoms with Crippen LogP contribution in [0.2, 0.25) is 0 Å². The molecule has 0 unspecified atom stereocenters. The number of aliphatic imine (C=N–C) groups is 1. The van der Waals surface area contributed by atoms with Gasteiger partial charge in [-0.2, -0.15) is 0 Å². The van der Waals surface area contributed by atoms with E-state index in [0.29, 0.717) is 13.2 Å². The summed E-state index contributed by atoms with van der Waals surface area (Å²) in [4.78, 5) is 11.2. The van der Waals surface area contributed by atoms with E-state index in [1.165, 1.54) is 12.8 Å². The molecule has 0 aliphatic heterocycles. The molecule has 1 N–H and O–H groups in total. The minimum absolute atomic E-state index is 0.477. The summed E-state index contributed by atoms with van der Waals surface area (Å²) in [6.07, 6.45) is 4.13. The van der Waals surface area contributed by atoms with E-state index >= 15 is 0 Å². The first-order valence-corrected chi connectivity index (χ1v) is 9.34. The minimum Gasteiger partial charge on any atom is -0.487 e. The fraction of sp³-hybridized carbons (Fsp3) is 0.429. The molecule has 0 atom stereocenters. The van der Waals surface area contributed by atoms with Crippen LogP contribution in [-0.2, 0) is 13.2 Å². The maximum absolute atomic E-state index is 5.77. The van der Waals surface area contributed by atoms with Crippen molar-refractivity contribution in [2.75, 3.05) is 20.1 Å². The number of nitrogens with one attached hydrogen (secondary N) is 1. The average Bonchev–Trinajstić information content (AvgIpc) is 2.69. The Balaban J connectivity index is 1.90. The summed E-state index contributed by atoms with van der Waals surface area (Å²) in [6.45, 7) is 7.31. The van der Waals surface area contributed by atoms with Gasteiger partial charge >= 0.3 is 0 Å². The number of hydrogen-bond donors (Lipinski definition) is 1. The molecular formula is C21H30N4O. The van der Waals surface area contributed by atoms with Crippen LogP contribution in [0.5, 0.6) is 5.75 Å². The van der Waals surface area contributed by atoms with Gasteiger partial charge in [0.1, 0.15) is 12.4 Å². The van der Waals surface area contributed by atoms with E-state index in [1.807, 2.05) is 30.3 Å². The molecule has 0 bridgehead atoms. The van der Waals surface area contributed by atoms with E-state index in [2.05, 4.69) is 48.2 Å². The molecule has 0 radical (unpaired) electrons. The van der Waals surface area contributed by atoms with Crippen LogP contribution >= 0.6 is 0 Å². The second-order valence-corrected chi connectivity index (χ2v) is 6.20. The normalized spacial score (nSPS) is 11.3. The fourth-order valence-electron chi connectivity index (χ4n) is 2.47. The maximum Gasteiger partial charge on any atom is 0.193 e. The second-order valence-electron chi connectivity index (χ2n) is 6.20. The van der Waals surface area contributed by atoms with E-state index in [-0.39, 0.29) is 0 Å². The van der Waals surface area contributed by atoms with E-state index in [1.54, 1.807) is 6.20 Å². The lowest BCUT2D eigenvalue weighted by Gasteiger charge is -2.21. The summed E-state index contributed by atoms with van der Waals surface area (Å²) < 4.78 is 5.77. The smallest absolute Gasteiger partial charge is 0.193 e. The summed E-state index contributed by atoms with van der Waals surface area (Å²) >= 11 is 0. The molecule has 2 rings (SSSR count). The van der Waals surface area contributed by atoms with Gasteiger partial charge in [-0.05, 0) is 43.2 Å². The number of unbranched alkanes of at least 4 members (excludes halogenated alkanes) is 1. The third-order valence-electron chi connectivity index (χ3n) is 3.99. The van der Waals surface area contributed by atoms with Crippen molar-refractivity contribution in [1.82, 2.24) is 15.2 Å². The molecule has 0 fully saturated rings. The van der Waals surface area contributed by atoms with Gasteiger partial charge in [0.25, 0.3) is 0 Å². The largest absolute Gasteiger partial charge is 0.487 e. The first kappa shape index (κ1) is 19.8. The zero-order valence-corrected chi connectivity index (χ0v) is 16.1. The van der Waals surface area contributed by atoms with Crippen LogP contribution in [0.4, 0.5) is 0 Å². The Morgan fingerprint density at radius 2 is 1.96 bits per heavy atom. The lowest BCUT2D eigenvalue weighted by atomic mass is 10.2.